The standard InChI is InChI=1S/C17H24ClN3O2/c1-11(12-5-7-20-8-6-12)9-16(22)21-13-3-4-14(15(18)10-13)17(23)19-2/h3-4,10-12,20H,5-9H2,1-2H3,(H,19,23)(H,21,22). The van der Waals surface area contributed by atoms with Crippen molar-refractivity contribution in [2.24, 2.45) is 11.8 Å². The number of benzene rings is 1. The third-order valence-corrected chi connectivity index (χ3v) is 4.73. The van der Waals surface area contributed by atoms with Crippen LogP contribution in [0.25, 0.3) is 0 Å². The van der Waals surface area contributed by atoms with Crippen molar-refractivity contribution in [3.63, 3.8) is 0 Å². The van der Waals surface area contributed by atoms with Crippen LogP contribution in [0.15, 0.2) is 18.2 Å². The third kappa shape index (κ3) is 4.94. The van der Waals surface area contributed by atoms with E-state index in [1.807, 2.05) is 0 Å². The molecule has 1 unspecified atom stereocenters. The fourth-order valence-electron chi connectivity index (χ4n) is 3.00. The highest BCUT2D eigenvalue weighted by Crippen LogP contribution is 2.25. The molecule has 0 radical (unpaired) electrons. The summed E-state index contributed by atoms with van der Waals surface area (Å²) in [7, 11) is 1.55. The fourth-order valence-corrected chi connectivity index (χ4v) is 3.26. The number of rotatable bonds is 5. The van der Waals surface area contributed by atoms with E-state index in [0.717, 1.165) is 25.9 Å². The third-order valence-electron chi connectivity index (χ3n) is 4.42. The molecule has 0 spiro atoms. The van der Waals surface area contributed by atoms with Gasteiger partial charge in [-0.3, -0.25) is 9.59 Å². The van der Waals surface area contributed by atoms with Crippen LogP contribution in [-0.4, -0.2) is 32.0 Å². The fraction of sp³-hybridized carbons (Fsp3) is 0.529. The summed E-state index contributed by atoms with van der Waals surface area (Å²) in [6, 6.07) is 4.93. The molecule has 1 heterocycles. The highest BCUT2D eigenvalue weighted by Gasteiger charge is 2.22. The van der Waals surface area contributed by atoms with Gasteiger partial charge in [0.05, 0.1) is 10.6 Å². The minimum atomic E-state index is -0.243. The molecule has 2 amide bonds. The molecule has 1 aliphatic rings. The number of amides is 2. The van der Waals surface area contributed by atoms with Gasteiger partial charge in [0.2, 0.25) is 5.91 Å². The van der Waals surface area contributed by atoms with Crippen LogP contribution in [0.4, 0.5) is 5.69 Å². The molecule has 2 rings (SSSR count). The lowest BCUT2D eigenvalue weighted by Crippen LogP contribution is -2.32. The van der Waals surface area contributed by atoms with Gasteiger partial charge in [0.15, 0.2) is 0 Å². The van der Waals surface area contributed by atoms with E-state index >= 15 is 0 Å². The van der Waals surface area contributed by atoms with Gasteiger partial charge in [0, 0.05) is 19.2 Å². The van der Waals surface area contributed by atoms with Crippen LogP contribution in [0, 0.1) is 11.8 Å². The Kier molecular flexibility index (Phi) is 6.42. The maximum absolute atomic E-state index is 12.2. The highest BCUT2D eigenvalue weighted by molar-refractivity contribution is 6.34. The molecule has 1 atom stereocenters. The first-order valence-electron chi connectivity index (χ1n) is 8.03. The lowest BCUT2D eigenvalue weighted by atomic mass is 9.84. The molecular weight excluding hydrogens is 314 g/mol. The molecule has 1 aromatic carbocycles. The number of anilines is 1. The largest absolute Gasteiger partial charge is 0.355 e. The normalized spacial score (nSPS) is 16.7. The van der Waals surface area contributed by atoms with Crippen LogP contribution in [-0.2, 0) is 4.79 Å². The predicted octanol–water partition coefficient (Wildman–Crippen LogP) is 2.66. The van der Waals surface area contributed by atoms with Gasteiger partial charge in [-0.05, 0) is 56.0 Å². The second-order valence-electron chi connectivity index (χ2n) is 6.09. The number of carbonyl (C=O) groups is 2. The van der Waals surface area contributed by atoms with E-state index in [1.165, 1.54) is 0 Å². The van der Waals surface area contributed by atoms with Gasteiger partial charge in [0.1, 0.15) is 0 Å². The lowest BCUT2D eigenvalue weighted by molar-refractivity contribution is -0.117. The molecule has 23 heavy (non-hydrogen) atoms. The molecular formula is C17H24ClN3O2. The number of carbonyl (C=O) groups excluding carboxylic acids is 2. The minimum absolute atomic E-state index is 0.0141. The Morgan fingerprint density at radius 2 is 2.04 bits per heavy atom. The molecule has 1 aliphatic heterocycles. The zero-order chi connectivity index (χ0) is 16.8. The Morgan fingerprint density at radius 3 is 2.65 bits per heavy atom. The average molecular weight is 338 g/mol. The van der Waals surface area contributed by atoms with Crippen molar-refractivity contribution in [1.82, 2.24) is 10.6 Å². The van der Waals surface area contributed by atoms with Crippen LogP contribution in [0.1, 0.15) is 36.5 Å². The molecule has 126 valence electrons. The molecule has 1 aromatic rings. The molecule has 3 N–H and O–H groups in total. The molecule has 6 heteroatoms. The highest BCUT2D eigenvalue weighted by atomic mass is 35.5. The molecule has 0 aromatic heterocycles. The van der Waals surface area contributed by atoms with Crippen molar-refractivity contribution in [2.45, 2.75) is 26.2 Å². The Morgan fingerprint density at radius 1 is 1.35 bits per heavy atom. The minimum Gasteiger partial charge on any atom is -0.355 e. The van der Waals surface area contributed by atoms with Crippen LogP contribution < -0.4 is 16.0 Å². The van der Waals surface area contributed by atoms with E-state index in [0.29, 0.717) is 34.5 Å². The molecule has 1 saturated heterocycles. The molecule has 0 saturated carbocycles. The second-order valence-corrected chi connectivity index (χ2v) is 6.50. The number of hydrogen-bond acceptors (Lipinski definition) is 3. The Hall–Kier alpha value is -1.59. The van der Waals surface area contributed by atoms with Crippen LogP contribution in [0.2, 0.25) is 5.02 Å². The summed E-state index contributed by atoms with van der Waals surface area (Å²) in [5.41, 5.74) is 1.01. The van der Waals surface area contributed by atoms with Crippen LogP contribution in [0.3, 0.4) is 0 Å². The van der Waals surface area contributed by atoms with Crippen LogP contribution >= 0.6 is 11.6 Å². The van der Waals surface area contributed by atoms with Gasteiger partial charge in [-0.1, -0.05) is 18.5 Å². The number of halogens is 1. The number of piperidine rings is 1. The summed E-state index contributed by atoms with van der Waals surface area (Å²) in [6.45, 7) is 4.21. The topological polar surface area (TPSA) is 70.2 Å². The van der Waals surface area contributed by atoms with Gasteiger partial charge < -0.3 is 16.0 Å². The summed E-state index contributed by atoms with van der Waals surface area (Å²) in [4.78, 5) is 23.8. The van der Waals surface area contributed by atoms with E-state index in [1.54, 1.807) is 25.2 Å². The zero-order valence-corrected chi connectivity index (χ0v) is 14.4. The molecule has 0 bridgehead atoms. The summed E-state index contributed by atoms with van der Waals surface area (Å²) in [5, 5.41) is 9.06. The Bertz CT molecular complexity index is 571. The van der Waals surface area contributed by atoms with Crippen molar-refractivity contribution in [3.05, 3.63) is 28.8 Å². The predicted molar refractivity (Wildman–Crippen MR) is 92.8 cm³/mol. The van der Waals surface area contributed by atoms with Gasteiger partial charge >= 0.3 is 0 Å². The average Bonchev–Trinajstić information content (AvgIpc) is 2.55. The monoisotopic (exact) mass is 337 g/mol. The first-order chi connectivity index (χ1) is 11.0. The smallest absolute Gasteiger partial charge is 0.252 e. The lowest BCUT2D eigenvalue weighted by Gasteiger charge is -2.27. The van der Waals surface area contributed by atoms with E-state index in [9.17, 15) is 9.59 Å². The summed E-state index contributed by atoms with van der Waals surface area (Å²) < 4.78 is 0. The van der Waals surface area contributed by atoms with Crippen LogP contribution in [0.5, 0.6) is 0 Å². The molecule has 1 fully saturated rings. The van der Waals surface area contributed by atoms with E-state index in [-0.39, 0.29) is 11.8 Å². The zero-order valence-electron chi connectivity index (χ0n) is 13.6. The van der Waals surface area contributed by atoms with E-state index in [4.69, 9.17) is 11.6 Å². The second kappa shape index (κ2) is 8.31. The maximum atomic E-state index is 12.2. The van der Waals surface area contributed by atoms with E-state index in [2.05, 4.69) is 22.9 Å². The quantitative estimate of drug-likeness (QED) is 0.773. The van der Waals surface area contributed by atoms with Crippen molar-refractivity contribution in [2.75, 3.05) is 25.5 Å². The van der Waals surface area contributed by atoms with Crippen molar-refractivity contribution in [1.29, 1.82) is 0 Å². The van der Waals surface area contributed by atoms with Gasteiger partial charge in [-0.25, -0.2) is 0 Å². The van der Waals surface area contributed by atoms with Gasteiger partial charge in [-0.2, -0.15) is 0 Å². The van der Waals surface area contributed by atoms with Crippen molar-refractivity contribution in [3.8, 4) is 0 Å². The van der Waals surface area contributed by atoms with Crippen molar-refractivity contribution >= 4 is 29.1 Å². The SMILES string of the molecule is CNC(=O)c1ccc(NC(=O)CC(C)C2CCNCC2)cc1Cl. The molecule has 0 aliphatic carbocycles. The van der Waals surface area contributed by atoms with Gasteiger partial charge in [-0.15, -0.1) is 0 Å². The Labute approximate surface area is 142 Å². The van der Waals surface area contributed by atoms with Gasteiger partial charge in [0.25, 0.3) is 5.91 Å². The summed E-state index contributed by atoms with van der Waals surface area (Å²) in [5.74, 6) is 0.700. The molecule has 5 nitrogen and oxygen atoms in total. The maximum Gasteiger partial charge on any atom is 0.252 e. The first kappa shape index (κ1) is 17.8. The first-order valence-corrected chi connectivity index (χ1v) is 8.41. The number of nitrogens with one attached hydrogen (secondary N) is 3. The summed E-state index contributed by atoms with van der Waals surface area (Å²) >= 11 is 6.09. The Balaban J connectivity index is 1.92. The number of hydrogen-bond donors (Lipinski definition) is 3. The summed E-state index contributed by atoms with van der Waals surface area (Å²) in [6.07, 6.45) is 2.75. The van der Waals surface area contributed by atoms with Crippen molar-refractivity contribution < 1.29 is 9.59 Å². The van der Waals surface area contributed by atoms with E-state index < -0.39 is 0 Å².